The Morgan fingerprint density at radius 2 is 2.00 bits per heavy atom. The third kappa shape index (κ3) is 2.68. The van der Waals surface area contributed by atoms with E-state index in [9.17, 15) is 4.39 Å². The lowest BCUT2D eigenvalue weighted by Gasteiger charge is -2.31. The average molecular weight is 316 g/mol. The molecule has 1 aliphatic heterocycles. The lowest BCUT2D eigenvalue weighted by atomic mass is 10.1. The van der Waals surface area contributed by atoms with Crippen LogP contribution in [0.25, 0.3) is 10.9 Å². The van der Waals surface area contributed by atoms with E-state index in [4.69, 9.17) is 11.6 Å². The Labute approximate surface area is 128 Å². The second-order valence-electron chi connectivity index (χ2n) is 4.76. The Morgan fingerprint density at radius 1 is 1.30 bits per heavy atom. The maximum Gasteiger partial charge on any atom is 0.124 e. The van der Waals surface area contributed by atoms with Gasteiger partial charge in [0.25, 0.3) is 0 Å². The highest BCUT2D eigenvalue weighted by Crippen LogP contribution is 2.35. The predicted octanol–water partition coefficient (Wildman–Crippen LogP) is 3.17. The number of hydrogen-bond donors (Lipinski definition) is 1. The Kier molecular flexibility index (Phi) is 4.68. The smallest absolute Gasteiger partial charge is 0.124 e. The van der Waals surface area contributed by atoms with Gasteiger partial charge in [-0.3, -0.25) is 4.98 Å². The van der Waals surface area contributed by atoms with Gasteiger partial charge in [-0.15, -0.1) is 12.4 Å². The number of anilines is 1. The number of nitrogens with zero attached hydrogens (tertiary/aromatic N) is 2. The summed E-state index contributed by atoms with van der Waals surface area (Å²) in [4.78, 5) is 6.63. The number of rotatable bonds is 1. The van der Waals surface area contributed by atoms with E-state index < -0.39 is 0 Å². The number of halogens is 3. The maximum absolute atomic E-state index is 13.5. The summed E-state index contributed by atoms with van der Waals surface area (Å²) in [5, 5.41) is 4.72. The van der Waals surface area contributed by atoms with Crippen molar-refractivity contribution in [1.82, 2.24) is 10.3 Å². The minimum atomic E-state index is -0.259. The number of pyridine rings is 1. The summed E-state index contributed by atoms with van der Waals surface area (Å²) in [5.41, 5.74) is 2.48. The van der Waals surface area contributed by atoms with Gasteiger partial charge in [-0.1, -0.05) is 11.6 Å². The molecule has 0 atom stereocenters. The van der Waals surface area contributed by atoms with Crippen molar-refractivity contribution in [1.29, 1.82) is 0 Å². The summed E-state index contributed by atoms with van der Waals surface area (Å²) in [6.07, 6.45) is 0. The molecule has 0 aliphatic carbocycles. The van der Waals surface area contributed by atoms with Gasteiger partial charge in [0.2, 0.25) is 0 Å². The number of nitrogens with one attached hydrogen (secondary N) is 1. The van der Waals surface area contributed by atoms with Crippen molar-refractivity contribution in [2.75, 3.05) is 31.1 Å². The molecule has 20 heavy (non-hydrogen) atoms. The molecule has 108 valence electrons. The summed E-state index contributed by atoms with van der Waals surface area (Å²) in [7, 11) is 0. The summed E-state index contributed by atoms with van der Waals surface area (Å²) in [5.74, 6) is -0.259. The molecule has 1 saturated heterocycles. The first kappa shape index (κ1) is 15.3. The lowest BCUT2D eigenvalue weighted by molar-refractivity contribution is 0.590. The van der Waals surface area contributed by atoms with E-state index in [-0.39, 0.29) is 18.2 Å². The van der Waals surface area contributed by atoms with Crippen molar-refractivity contribution >= 4 is 40.6 Å². The molecule has 0 bridgehead atoms. The molecule has 6 heteroatoms. The first-order valence-electron chi connectivity index (χ1n) is 6.38. The Hall–Kier alpha value is -1.10. The summed E-state index contributed by atoms with van der Waals surface area (Å²) in [6.45, 7) is 5.45. The molecule has 2 heterocycles. The fourth-order valence-electron chi connectivity index (χ4n) is 2.51. The Bertz CT molecular complexity index is 627. The van der Waals surface area contributed by atoms with E-state index in [0.717, 1.165) is 48.5 Å². The van der Waals surface area contributed by atoms with Crippen LogP contribution in [0.3, 0.4) is 0 Å². The topological polar surface area (TPSA) is 28.2 Å². The van der Waals surface area contributed by atoms with Crippen molar-refractivity contribution in [3.8, 4) is 0 Å². The van der Waals surface area contributed by atoms with Crippen LogP contribution in [0, 0.1) is 12.7 Å². The van der Waals surface area contributed by atoms with E-state index in [2.05, 4.69) is 15.2 Å². The van der Waals surface area contributed by atoms with Gasteiger partial charge in [0, 0.05) is 31.6 Å². The van der Waals surface area contributed by atoms with Gasteiger partial charge in [0.15, 0.2) is 0 Å². The largest absolute Gasteiger partial charge is 0.367 e. The number of benzene rings is 1. The molecular formula is C14H16Cl2FN3. The summed E-state index contributed by atoms with van der Waals surface area (Å²) >= 11 is 6.41. The number of aryl methyl sites for hydroxylation is 1. The van der Waals surface area contributed by atoms with Crippen molar-refractivity contribution in [3.05, 3.63) is 34.7 Å². The van der Waals surface area contributed by atoms with Gasteiger partial charge < -0.3 is 10.2 Å². The molecule has 0 spiro atoms. The van der Waals surface area contributed by atoms with Gasteiger partial charge in [0.05, 0.1) is 21.9 Å². The predicted molar refractivity (Wildman–Crippen MR) is 83.8 cm³/mol. The van der Waals surface area contributed by atoms with Crippen LogP contribution in [0.5, 0.6) is 0 Å². The van der Waals surface area contributed by atoms with Crippen LogP contribution < -0.4 is 10.2 Å². The fraction of sp³-hybridized carbons (Fsp3) is 0.357. The molecule has 1 N–H and O–H groups in total. The number of hydrogen-bond acceptors (Lipinski definition) is 3. The average Bonchev–Trinajstić information content (AvgIpc) is 2.42. The fourth-order valence-corrected chi connectivity index (χ4v) is 2.78. The second-order valence-corrected chi connectivity index (χ2v) is 5.14. The third-order valence-corrected chi connectivity index (χ3v) is 3.91. The van der Waals surface area contributed by atoms with Crippen LogP contribution in [0.4, 0.5) is 10.1 Å². The molecule has 3 rings (SSSR count). The van der Waals surface area contributed by atoms with Gasteiger partial charge in [-0.25, -0.2) is 4.39 Å². The molecule has 2 aromatic rings. The molecule has 1 aromatic heterocycles. The minimum Gasteiger partial charge on any atom is -0.367 e. The monoisotopic (exact) mass is 315 g/mol. The van der Waals surface area contributed by atoms with Crippen LogP contribution in [0.1, 0.15) is 5.69 Å². The number of fused-ring (bicyclic) bond motifs is 1. The van der Waals surface area contributed by atoms with Crippen LogP contribution in [-0.4, -0.2) is 31.2 Å². The van der Waals surface area contributed by atoms with Gasteiger partial charge in [0.1, 0.15) is 5.82 Å². The van der Waals surface area contributed by atoms with Crippen molar-refractivity contribution in [2.45, 2.75) is 6.92 Å². The number of piperazine rings is 1. The molecule has 0 saturated carbocycles. The maximum atomic E-state index is 13.5. The van der Waals surface area contributed by atoms with Crippen molar-refractivity contribution in [3.63, 3.8) is 0 Å². The first-order chi connectivity index (χ1) is 9.16. The third-order valence-electron chi connectivity index (χ3n) is 3.46. The first-order valence-corrected chi connectivity index (χ1v) is 6.75. The van der Waals surface area contributed by atoms with E-state index in [1.54, 1.807) is 6.07 Å². The Balaban J connectivity index is 0.00000147. The summed E-state index contributed by atoms with van der Waals surface area (Å²) < 4.78 is 13.5. The van der Waals surface area contributed by atoms with Crippen LogP contribution >= 0.6 is 24.0 Å². The number of aromatic nitrogens is 1. The zero-order valence-electron chi connectivity index (χ0n) is 11.1. The van der Waals surface area contributed by atoms with Gasteiger partial charge >= 0.3 is 0 Å². The zero-order valence-corrected chi connectivity index (χ0v) is 12.7. The highest BCUT2D eigenvalue weighted by atomic mass is 35.5. The lowest BCUT2D eigenvalue weighted by Crippen LogP contribution is -2.43. The molecule has 1 aromatic carbocycles. The normalized spacial score (nSPS) is 15.2. The summed E-state index contributed by atoms with van der Waals surface area (Å²) in [6, 6.07) is 4.66. The second kappa shape index (κ2) is 6.12. The minimum absolute atomic E-state index is 0. The van der Waals surface area contributed by atoms with Crippen LogP contribution in [-0.2, 0) is 0 Å². The quantitative estimate of drug-likeness (QED) is 0.876. The molecule has 1 aliphatic rings. The zero-order chi connectivity index (χ0) is 13.4. The molecule has 0 unspecified atom stereocenters. The molecule has 1 fully saturated rings. The van der Waals surface area contributed by atoms with Crippen LogP contribution in [0.15, 0.2) is 18.2 Å². The Morgan fingerprint density at radius 3 is 2.70 bits per heavy atom. The molecule has 0 amide bonds. The van der Waals surface area contributed by atoms with Gasteiger partial charge in [-0.05, 0) is 25.1 Å². The van der Waals surface area contributed by atoms with Gasteiger partial charge in [-0.2, -0.15) is 0 Å². The highest BCUT2D eigenvalue weighted by molar-refractivity contribution is 6.35. The van der Waals surface area contributed by atoms with E-state index >= 15 is 0 Å². The molecular weight excluding hydrogens is 300 g/mol. The molecule has 3 nitrogen and oxygen atoms in total. The SMILES string of the molecule is Cc1nc2ccc(F)cc2c(N2CCNCC2)c1Cl.Cl. The van der Waals surface area contributed by atoms with E-state index in [1.807, 2.05) is 6.92 Å². The van der Waals surface area contributed by atoms with Crippen molar-refractivity contribution < 1.29 is 4.39 Å². The van der Waals surface area contributed by atoms with E-state index in [0.29, 0.717) is 5.02 Å². The molecule has 0 radical (unpaired) electrons. The standard InChI is InChI=1S/C14H15ClFN3.ClH/c1-9-13(15)14(19-6-4-17-5-7-19)11-8-10(16)2-3-12(11)18-9;/h2-3,8,17H,4-7H2,1H3;1H. The van der Waals surface area contributed by atoms with Crippen LogP contribution in [0.2, 0.25) is 5.02 Å². The van der Waals surface area contributed by atoms with Crippen molar-refractivity contribution in [2.24, 2.45) is 0 Å². The highest BCUT2D eigenvalue weighted by Gasteiger charge is 2.19. The van der Waals surface area contributed by atoms with E-state index in [1.165, 1.54) is 12.1 Å².